The summed E-state index contributed by atoms with van der Waals surface area (Å²) in [7, 11) is 1.38. The van der Waals surface area contributed by atoms with E-state index in [9.17, 15) is 9.90 Å². The largest absolute Gasteiger partial charge is 0.465 e. The van der Waals surface area contributed by atoms with Crippen molar-refractivity contribution in [3.8, 4) is 0 Å². The maximum absolute atomic E-state index is 11.5. The van der Waals surface area contributed by atoms with Gasteiger partial charge in [-0.15, -0.1) is 0 Å². The first-order valence-electron chi connectivity index (χ1n) is 5.78. The van der Waals surface area contributed by atoms with E-state index >= 15 is 0 Å². The molecule has 0 amide bonds. The minimum Gasteiger partial charge on any atom is -0.465 e. The summed E-state index contributed by atoms with van der Waals surface area (Å²) in [5, 5.41) is 12.5. The van der Waals surface area contributed by atoms with Gasteiger partial charge in [-0.05, 0) is 24.5 Å². The predicted molar refractivity (Wildman–Crippen MR) is 63.7 cm³/mol. The van der Waals surface area contributed by atoms with Gasteiger partial charge in [-0.25, -0.2) is 4.79 Å². The molecular weight excluding hydrogens is 218 g/mol. The number of aliphatic hydroxyl groups excluding tert-OH is 1. The summed E-state index contributed by atoms with van der Waals surface area (Å²) in [5.74, 6) is -0.309. The Hall–Kier alpha value is -1.39. The Bertz CT molecular complexity index is 399. The highest BCUT2D eigenvalue weighted by molar-refractivity contribution is 5.90. The third-order valence-electron chi connectivity index (χ3n) is 3.12. The summed E-state index contributed by atoms with van der Waals surface area (Å²) in [6.07, 6.45) is 1.42. The maximum Gasteiger partial charge on any atom is 0.338 e. The molecule has 92 valence electrons. The molecule has 4 heteroatoms. The first-order chi connectivity index (χ1) is 8.20. The normalized spacial score (nSPS) is 22.9. The minimum atomic E-state index is -0.309. The molecule has 1 fully saturated rings. The van der Waals surface area contributed by atoms with E-state index in [-0.39, 0.29) is 12.1 Å². The van der Waals surface area contributed by atoms with Crippen LogP contribution in [0.1, 0.15) is 28.8 Å². The van der Waals surface area contributed by atoms with Gasteiger partial charge in [0.05, 0.1) is 18.8 Å². The number of benzene rings is 1. The fourth-order valence-electron chi connectivity index (χ4n) is 1.99. The molecule has 2 rings (SSSR count). The Morgan fingerprint density at radius 3 is 2.82 bits per heavy atom. The lowest BCUT2D eigenvalue weighted by Gasteiger charge is -2.32. The molecule has 1 aromatic rings. The quantitative estimate of drug-likeness (QED) is 0.767. The van der Waals surface area contributed by atoms with Gasteiger partial charge in [-0.1, -0.05) is 18.2 Å². The van der Waals surface area contributed by atoms with Gasteiger partial charge in [0.15, 0.2) is 0 Å². The van der Waals surface area contributed by atoms with Crippen molar-refractivity contribution in [3.63, 3.8) is 0 Å². The van der Waals surface area contributed by atoms with Gasteiger partial charge in [0.25, 0.3) is 0 Å². The van der Waals surface area contributed by atoms with Gasteiger partial charge in [0.2, 0.25) is 0 Å². The number of aliphatic hydroxyl groups is 1. The van der Waals surface area contributed by atoms with Crippen molar-refractivity contribution < 1.29 is 14.6 Å². The molecule has 17 heavy (non-hydrogen) atoms. The molecule has 2 N–H and O–H groups in total. The third kappa shape index (κ3) is 2.84. The van der Waals surface area contributed by atoms with Crippen LogP contribution in [-0.2, 0) is 11.3 Å². The van der Waals surface area contributed by atoms with E-state index in [0.717, 1.165) is 18.4 Å². The lowest BCUT2D eigenvalue weighted by atomic mass is 9.89. The molecule has 0 unspecified atom stereocenters. The molecule has 0 aliphatic heterocycles. The second-order valence-corrected chi connectivity index (χ2v) is 4.35. The molecule has 0 aromatic heterocycles. The zero-order valence-corrected chi connectivity index (χ0v) is 9.85. The lowest BCUT2D eigenvalue weighted by molar-refractivity contribution is 0.0585. The van der Waals surface area contributed by atoms with E-state index in [0.29, 0.717) is 18.2 Å². The molecule has 0 bridgehead atoms. The van der Waals surface area contributed by atoms with Crippen molar-refractivity contribution in [1.29, 1.82) is 0 Å². The number of methoxy groups -OCH3 is 1. The Morgan fingerprint density at radius 2 is 2.18 bits per heavy atom. The summed E-state index contributed by atoms with van der Waals surface area (Å²) in [5.41, 5.74) is 1.53. The number of nitrogens with one attached hydrogen (secondary N) is 1. The van der Waals surface area contributed by atoms with Crippen molar-refractivity contribution in [2.45, 2.75) is 31.5 Å². The van der Waals surface area contributed by atoms with Crippen LogP contribution in [0.2, 0.25) is 0 Å². The summed E-state index contributed by atoms with van der Waals surface area (Å²) >= 11 is 0. The van der Waals surface area contributed by atoms with E-state index in [4.69, 9.17) is 4.74 Å². The van der Waals surface area contributed by atoms with Crippen LogP contribution in [0.5, 0.6) is 0 Å². The van der Waals surface area contributed by atoms with Crippen LogP contribution < -0.4 is 5.32 Å². The van der Waals surface area contributed by atoms with E-state index in [1.807, 2.05) is 18.2 Å². The predicted octanol–water partition coefficient (Wildman–Crippen LogP) is 1.09. The molecule has 0 saturated heterocycles. The Kier molecular flexibility index (Phi) is 3.76. The standard InChI is InChI=1S/C13H17NO3/c1-17-13(16)12-5-3-2-4-9(12)8-14-10-6-11(15)7-10/h2-5,10-11,14-15H,6-8H2,1H3. The van der Waals surface area contributed by atoms with Gasteiger partial charge in [-0.2, -0.15) is 0 Å². The second kappa shape index (κ2) is 5.29. The van der Waals surface area contributed by atoms with Crippen LogP contribution in [0, 0.1) is 0 Å². The lowest BCUT2D eigenvalue weighted by Crippen LogP contribution is -2.43. The van der Waals surface area contributed by atoms with Crippen LogP contribution in [0.3, 0.4) is 0 Å². The van der Waals surface area contributed by atoms with Crippen molar-refractivity contribution in [2.24, 2.45) is 0 Å². The molecule has 4 nitrogen and oxygen atoms in total. The van der Waals surface area contributed by atoms with Gasteiger partial charge in [-0.3, -0.25) is 0 Å². The van der Waals surface area contributed by atoms with Gasteiger partial charge in [0, 0.05) is 12.6 Å². The summed E-state index contributed by atoms with van der Waals surface area (Å²) in [6, 6.07) is 7.75. The molecule has 0 heterocycles. The molecule has 0 atom stereocenters. The minimum absolute atomic E-state index is 0.164. The second-order valence-electron chi connectivity index (χ2n) is 4.35. The molecule has 1 aromatic carbocycles. The van der Waals surface area contributed by atoms with Crippen molar-refractivity contribution in [3.05, 3.63) is 35.4 Å². The van der Waals surface area contributed by atoms with Gasteiger partial charge in [0.1, 0.15) is 0 Å². The molecule has 0 spiro atoms. The SMILES string of the molecule is COC(=O)c1ccccc1CNC1CC(O)C1. The Labute approximate surface area is 101 Å². The molecule has 1 saturated carbocycles. The highest BCUT2D eigenvalue weighted by atomic mass is 16.5. The first kappa shape index (κ1) is 12.1. The monoisotopic (exact) mass is 235 g/mol. The average molecular weight is 235 g/mol. The van der Waals surface area contributed by atoms with Crippen LogP contribution in [-0.4, -0.2) is 30.3 Å². The Morgan fingerprint density at radius 1 is 1.47 bits per heavy atom. The van der Waals surface area contributed by atoms with Crippen molar-refractivity contribution in [1.82, 2.24) is 5.32 Å². The topological polar surface area (TPSA) is 58.6 Å². The Balaban J connectivity index is 1.97. The van der Waals surface area contributed by atoms with E-state index < -0.39 is 0 Å². The van der Waals surface area contributed by atoms with E-state index in [1.165, 1.54) is 7.11 Å². The highest BCUT2D eigenvalue weighted by Crippen LogP contribution is 2.20. The van der Waals surface area contributed by atoms with Crippen molar-refractivity contribution in [2.75, 3.05) is 7.11 Å². The number of carbonyl (C=O) groups is 1. The average Bonchev–Trinajstić information content (AvgIpc) is 2.32. The zero-order valence-electron chi connectivity index (χ0n) is 9.85. The summed E-state index contributed by atoms with van der Waals surface area (Å²) < 4.78 is 4.73. The molecule has 0 radical (unpaired) electrons. The number of esters is 1. The van der Waals surface area contributed by atoms with Crippen LogP contribution in [0.25, 0.3) is 0 Å². The number of rotatable bonds is 4. The van der Waals surface area contributed by atoms with E-state index in [2.05, 4.69) is 5.32 Å². The molecular formula is C13H17NO3. The molecule has 1 aliphatic rings. The van der Waals surface area contributed by atoms with Crippen LogP contribution in [0.4, 0.5) is 0 Å². The van der Waals surface area contributed by atoms with Gasteiger partial charge >= 0.3 is 5.97 Å². The first-order valence-corrected chi connectivity index (χ1v) is 5.78. The fourth-order valence-corrected chi connectivity index (χ4v) is 1.99. The zero-order chi connectivity index (χ0) is 12.3. The van der Waals surface area contributed by atoms with Crippen LogP contribution >= 0.6 is 0 Å². The third-order valence-corrected chi connectivity index (χ3v) is 3.12. The smallest absolute Gasteiger partial charge is 0.338 e. The molecule has 1 aliphatic carbocycles. The number of hydrogen-bond acceptors (Lipinski definition) is 4. The van der Waals surface area contributed by atoms with Crippen LogP contribution in [0.15, 0.2) is 24.3 Å². The summed E-state index contributed by atoms with van der Waals surface area (Å²) in [6.45, 7) is 0.628. The number of carbonyl (C=O) groups excluding carboxylic acids is 1. The number of hydrogen-bond donors (Lipinski definition) is 2. The summed E-state index contributed by atoms with van der Waals surface area (Å²) in [4.78, 5) is 11.5. The number of ether oxygens (including phenoxy) is 1. The van der Waals surface area contributed by atoms with E-state index in [1.54, 1.807) is 6.07 Å². The maximum atomic E-state index is 11.5. The fraction of sp³-hybridized carbons (Fsp3) is 0.462. The van der Waals surface area contributed by atoms with Crippen molar-refractivity contribution >= 4 is 5.97 Å². The highest BCUT2D eigenvalue weighted by Gasteiger charge is 2.26. The van der Waals surface area contributed by atoms with Gasteiger partial charge < -0.3 is 15.2 Å².